The van der Waals surface area contributed by atoms with Gasteiger partial charge in [0, 0.05) is 0 Å². The highest BCUT2D eigenvalue weighted by Crippen LogP contribution is 2.26. The average molecular weight is 266 g/mol. The zero-order chi connectivity index (χ0) is 14.3. The third kappa shape index (κ3) is 6.67. The van der Waals surface area contributed by atoms with Crippen LogP contribution in [0.3, 0.4) is 0 Å². The lowest BCUT2D eigenvalue weighted by Gasteiger charge is -2.20. The van der Waals surface area contributed by atoms with Crippen molar-refractivity contribution in [2.45, 2.75) is 58.7 Å². The van der Waals surface area contributed by atoms with Gasteiger partial charge in [0.1, 0.15) is 11.7 Å². The normalized spacial score (nSPS) is 13.5. The number of carbonyl (C=O) groups excluding carboxylic acids is 1. The van der Waals surface area contributed by atoms with Crippen LogP contribution in [0, 0.1) is 5.92 Å². The van der Waals surface area contributed by atoms with Crippen molar-refractivity contribution in [2.75, 3.05) is 0 Å². The Morgan fingerprint density at radius 3 is 2.28 bits per heavy atom. The Hall–Kier alpha value is -1.00. The summed E-state index contributed by atoms with van der Waals surface area (Å²) >= 11 is 0. The molecular weight excluding hydrogens is 245 g/mol. The number of ether oxygens (including phenoxy) is 1. The van der Waals surface area contributed by atoms with Crippen LogP contribution in [0.2, 0.25) is 0 Å². The van der Waals surface area contributed by atoms with E-state index in [2.05, 4.69) is 6.58 Å². The highest BCUT2D eigenvalue weighted by molar-refractivity contribution is 5.89. The topological polar surface area (TPSA) is 26.3 Å². The zero-order valence-corrected chi connectivity index (χ0v) is 11.1. The third-order valence-corrected chi connectivity index (χ3v) is 2.48. The van der Waals surface area contributed by atoms with Gasteiger partial charge in [0.25, 0.3) is 0 Å². The van der Waals surface area contributed by atoms with E-state index in [-0.39, 0.29) is 5.92 Å². The summed E-state index contributed by atoms with van der Waals surface area (Å²) in [5, 5.41) is 0. The fourth-order valence-corrected chi connectivity index (χ4v) is 1.52. The molecule has 0 aromatic heterocycles. The molecule has 0 saturated heterocycles. The van der Waals surface area contributed by atoms with Crippen LogP contribution in [0.15, 0.2) is 12.2 Å². The van der Waals surface area contributed by atoms with Gasteiger partial charge in [-0.25, -0.2) is 4.79 Å². The molecule has 0 N–H and O–H groups in total. The number of esters is 1. The second kappa shape index (κ2) is 7.44. The summed E-state index contributed by atoms with van der Waals surface area (Å²) in [5.41, 5.74) is -1.44. The molecule has 106 valence electrons. The number of alkyl halides is 3. The minimum Gasteiger partial charge on any atom is -0.459 e. The summed E-state index contributed by atoms with van der Waals surface area (Å²) in [6, 6.07) is 0. The predicted molar refractivity (Wildman–Crippen MR) is 64.1 cm³/mol. The Labute approximate surface area is 106 Å². The first-order valence-corrected chi connectivity index (χ1v) is 6.15. The van der Waals surface area contributed by atoms with Crippen LogP contribution in [0.5, 0.6) is 0 Å². The molecule has 0 fully saturated rings. The number of halogens is 3. The second-order valence-corrected chi connectivity index (χ2v) is 4.78. The minimum atomic E-state index is -4.72. The molecule has 18 heavy (non-hydrogen) atoms. The summed E-state index contributed by atoms with van der Waals surface area (Å²) in [7, 11) is 0. The van der Waals surface area contributed by atoms with Crippen LogP contribution in [0.25, 0.3) is 0 Å². The highest BCUT2D eigenvalue weighted by Gasteiger charge is 2.38. The number of carbonyl (C=O) groups is 1. The van der Waals surface area contributed by atoms with Gasteiger partial charge in [0.15, 0.2) is 0 Å². The van der Waals surface area contributed by atoms with Gasteiger partial charge in [-0.15, -0.1) is 0 Å². The highest BCUT2D eigenvalue weighted by atomic mass is 19.4. The monoisotopic (exact) mass is 266 g/mol. The molecule has 2 nitrogen and oxygen atoms in total. The van der Waals surface area contributed by atoms with Crippen LogP contribution in [-0.4, -0.2) is 18.2 Å². The van der Waals surface area contributed by atoms with Crippen molar-refractivity contribution in [3.8, 4) is 0 Å². The number of unbranched alkanes of at least 4 members (excludes halogenated alkanes) is 1. The Bertz CT molecular complexity index is 282. The Kier molecular flexibility index (Phi) is 7.02. The average Bonchev–Trinajstić information content (AvgIpc) is 2.22. The lowest BCUT2D eigenvalue weighted by atomic mass is 10.0. The van der Waals surface area contributed by atoms with Crippen LogP contribution in [0.1, 0.15) is 46.5 Å². The molecule has 0 aliphatic carbocycles. The second-order valence-electron chi connectivity index (χ2n) is 4.78. The molecule has 0 aliphatic heterocycles. The predicted octanol–water partition coefficient (Wildman–Crippen LogP) is 4.25. The molecular formula is C13H21F3O2. The standard InChI is InChI=1S/C13H21F3O2/c1-5-6-7-11(8-9(2)3)18-12(17)10(4)13(14,15)16/h9,11H,4-8H2,1-3H3. The molecule has 0 radical (unpaired) electrons. The third-order valence-electron chi connectivity index (χ3n) is 2.48. The Morgan fingerprint density at radius 1 is 1.33 bits per heavy atom. The zero-order valence-electron chi connectivity index (χ0n) is 11.1. The molecule has 0 heterocycles. The van der Waals surface area contributed by atoms with E-state index in [9.17, 15) is 18.0 Å². The molecule has 0 aromatic rings. The van der Waals surface area contributed by atoms with Crippen molar-refractivity contribution in [1.29, 1.82) is 0 Å². The first kappa shape index (κ1) is 17.0. The Balaban J connectivity index is 4.47. The quantitative estimate of drug-likeness (QED) is 0.508. The van der Waals surface area contributed by atoms with Gasteiger partial charge in [0.05, 0.1) is 0 Å². The SMILES string of the molecule is C=C(C(=O)OC(CCCC)CC(C)C)C(F)(F)F. The van der Waals surface area contributed by atoms with Crippen molar-refractivity contribution in [3.05, 3.63) is 12.2 Å². The molecule has 1 atom stereocenters. The number of hydrogen-bond donors (Lipinski definition) is 0. The molecule has 0 rings (SSSR count). The van der Waals surface area contributed by atoms with Crippen molar-refractivity contribution >= 4 is 5.97 Å². The fourth-order valence-electron chi connectivity index (χ4n) is 1.52. The van der Waals surface area contributed by atoms with E-state index in [0.717, 1.165) is 12.8 Å². The lowest BCUT2D eigenvalue weighted by Crippen LogP contribution is -2.26. The van der Waals surface area contributed by atoms with Gasteiger partial charge in [-0.3, -0.25) is 0 Å². The molecule has 0 saturated carbocycles. The molecule has 0 aromatic carbocycles. The van der Waals surface area contributed by atoms with Crippen LogP contribution >= 0.6 is 0 Å². The first-order valence-electron chi connectivity index (χ1n) is 6.15. The van der Waals surface area contributed by atoms with E-state index >= 15 is 0 Å². The van der Waals surface area contributed by atoms with E-state index in [4.69, 9.17) is 4.74 Å². The van der Waals surface area contributed by atoms with Crippen molar-refractivity contribution in [1.82, 2.24) is 0 Å². The molecule has 1 unspecified atom stereocenters. The maximum absolute atomic E-state index is 12.3. The van der Waals surface area contributed by atoms with Crippen LogP contribution in [-0.2, 0) is 9.53 Å². The van der Waals surface area contributed by atoms with E-state index < -0.39 is 23.8 Å². The first-order chi connectivity index (χ1) is 8.18. The van der Waals surface area contributed by atoms with Gasteiger partial charge in [0.2, 0.25) is 0 Å². The molecule has 0 amide bonds. The van der Waals surface area contributed by atoms with Gasteiger partial charge < -0.3 is 4.74 Å². The van der Waals surface area contributed by atoms with E-state index in [1.54, 1.807) is 0 Å². The summed E-state index contributed by atoms with van der Waals surface area (Å²) in [6.07, 6.45) is -2.29. The van der Waals surface area contributed by atoms with Gasteiger partial charge in [-0.1, -0.05) is 40.2 Å². The van der Waals surface area contributed by atoms with Crippen molar-refractivity contribution in [2.24, 2.45) is 5.92 Å². The number of hydrogen-bond acceptors (Lipinski definition) is 2. The molecule has 5 heteroatoms. The van der Waals surface area contributed by atoms with Gasteiger partial charge in [-0.05, 0) is 18.8 Å². The smallest absolute Gasteiger partial charge is 0.422 e. The Morgan fingerprint density at radius 2 is 1.89 bits per heavy atom. The maximum atomic E-state index is 12.3. The van der Waals surface area contributed by atoms with Crippen molar-refractivity contribution < 1.29 is 22.7 Å². The lowest BCUT2D eigenvalue weighted by molar-refractivity contribution is -0.156. The molecule has 0 spiro atoms. The van der Waals surface area contributed by atoms with Gasteiger partial charge >= 0.3 is 12.1 Å². The summed E-state index contributed by atoms with van der Waals surface area (Å²) < 4.78 is 41.7. The van der Waals surface area contributed by atoms with Crippen molar-refractivity contribution in [3.63, 3.8) is 0 Å². The summed E-state index contributed by atoms with van der Waals surface area (Å²) in [4.78, 5) is 11.3. The maximum Gasteiger partial charge on any atom is 0.422 e. The number of rotatable bonds is 7. The largest absolute Gasteiger partial charge is 0.459 e. The van der Waals surface area contributed by atoms with E-state index in [1.165, 1.54) is 0 Å². The minimum absolute atomic E-state index is 0.263. The summed E-state index contributed by atoms with van der Waals surface area (Å²) in [6.45, 7) is 8.59. The molecule has 0 bridgehead atoms. The van der Waals surface area contributed by atoms with Crippen LogP contribution < -0.4 is 0 Å². The molecule has 0 aliphatic rings. The van der Waals surface area contributed by atoms with E-state index in [0.29, 0.717) is 12.8 Å². The van der Waals surface area contributed by atoms with Gasteiger partial charge in [-0.2, -0.15) is 13.2 Å². The fraction of sp³-hybridized carbons (Fsp3) is 0.769. The summed E-state index contributed by atoms with van der Waals surface area (Å²) in [5.74, 6) is -1.09. The van der Waals surface area contributed by atoms with E-state index in [1.807, 2.05) is 20.8 Å². The van der Waals surface area contributed by atoms with Crippen LogP contribution in [0.4, 0.5) is 13.2 Å².